The molecule has 0 unspecified atom stereocenters. The Bertz CT molecular complexity index is 576. The van der Waals surface area contributed by atoms with Crippen LogP contribution in [0.5, 0.6) is 0 Å². The molecule has 0 amide bonds. The van der Waals surface area contributed by atoms with E-state index in [4.69, 9.17) is 23.2 Å². The van der Waals surface area contributed by atoms with Gasteiger partial charge in [0.1, 0.15) is 5.82 Å². The third-order valence-corrected chi connectivity index (χ3v) is 3.41. The minimum atomic E-state index is 0.350. The molecular weight excluding hydrogens is 281 g/mol. The van der Waals surface area contributed by atoms with Gasteiger partial charge in [-0.1, -0.05) is 31.5 Å². The van der Waals surface area contributed by atoms with Crippen molar-refractivity contribution in [2.45, 2.75) is 33.2 Å². The number of halogens is 2. The molecule has 2 aromatic rings. The monoisotopic (exact) mass is 297 g/mol. The minimum Gasteiger partial charge on any atom is -0.310 e. The lowest BCUT2D eigenvalue weighted by atomic mass is 10.1. The Morgan fingerprint density at radius 2 is 2.00 bits per heavy atom. The molecule has 1 heterocycles. The molecule has 1 aromatic heterocycles. The van der Waals surface area contributed by atoms with Gasteiger partial charge in [0, 0.05) is 12.1 Å². The second kappa shape index (κ2) is 5.93. The number of nitrogens with zero attached hydrogens (tertiary/aromatic N) is 3. The largest absolute Gasteiger partial charge is 0.310 e. The van der Waals surface area contributed by atoms with Gasteiger partial charge in [0.2, 0.25) is 0 Å². The van der Waals surface area contributed by atoms with E-state index >= 15 is 0 Å². The number of aryl methyl sites for hydroxylation is 1. The molecule has 5 heteroatoms. The molecule has 102 valence electrons. The summed E-state index contributed by atoms with van der Waals surface area (Å²) < 4.78 is 2.05. The smallest absolute Gasteiger partial charge is 0.165 e. The molecule has 0 saturated heterocycles. The van der Waals surface area contributed by atoms with Crippen molar-refractivity contribution in [2.24, 2.45) is 5.92 Å². The van der Waals surface area contributed by atoms with Gasteiger partial charge in [-0.2, -0.15) is 0 Å². The SMILES string of the molecule is Cc1ccc(-c2nnc(CCl)n2CC(C)C)c(Cl)c1. The van der Waals surface area contributed by atoms with Crippen molar-refractivity contribution in [3.05, 3.63) is 34.6 Å². The normalized spacial score (nSPS) is 11.3. The fourth-order valence-corrected chi connectivity index (χ4v) is 2.51. The third kappa shape index (κ3) is 3.10. The first-order valence-corrected chi connectivity index (χ1v) is 7.18. The van der Waals surface area contributed by atoms with Crippen molar-refractivity contribution >= 4 is 23.2 Å². The molecule has 0 radical (unpaired) electrons. The molecule has 2 rings (SSSR count). The molecule has 19 heavy (non-hydrogen) atoms. The highest BCUT2D eigenvalue weighted by atomic mass is 35.5. The average Bonchev–Trinajstić information content (AvgIpc) is 2.71. The lowest BCUT2D eigenvalue weighted by Gasteiger charge is -2.12. The molecule has 0 atom stereocenters. The number of hydrogen-bond donors (Lipinski definition) is 0. The number of hydrogen-bond acceptors (Lipinski definition) is 2. The van der Waals surface area contributed by atoms with Crippen molar-refractivity contribution in [1.29, 1.82) is 0 Å². The number of benzene rings is 1. The zero-order valence-electron chi connectivity index (χ0n) is 11.3. The first kappa shape index (κ1) is 14.4. The Balaban J connectivity index is 2.52. The summed E-state index contributed by atoms with van der Waals surface area (Å²) in [6, 6.07) is 5.94. The first-order chi connectivity index (χ1) is 9.02. The standard InChI is InChI=1S/C14H17Cl2N3/c1-9(2)8-19-13(7-15)17-18-14(19)11-5-4-10(3)6-12(11)16/h4-6,9H,7-8H2,1-3H3. The predicted molar refractivity (Wildman–Crippen MR) is 79.6 cm³/mol. The summed E-state index contributed by atoms with van der Waals surface area (Å²) in [6.45, 7) is 7.14. The van der Waals surface area contributed by atoms with Gasteiger partial charge in [-0.15, -0.1) is 21.8 Å². The summed E-state index contributed by atoms with van der Waals surface area (Å²) in [7, 11) is 0. The van der Waals surface area contributed by atoms with Crippen molar-refractivity contribution in [2.75, 3.05) is 0 Å². The Labute approximate surface area is 123 Å². The van der Waals surface area contributed by atoms with Crippen LogP contribution in [0.3, 0.4) is 0 Å². The second-order valence-electron chi connectivity index (χ2n) is 5.06. The summed E-state index contributed by atoms with van der Waals surface area (Å²) in [5.41, 5.74) is 2.03. The van der Waals surface area contributed by atoms with Gasteiger partial charge in [0.25, 0.3) is 0 Å². The molecule has 0 aliphatic carbocycles. The van der Waals surface area contributed by atoms with E-state index in [9.17, 15) is 0 Å². The van der Waals surface area contributed by atoms with Crippen LogP contribution in [0, 0.1) is 12.8 Å². The third-order valence-electron chi connectivity index (χ3n) is 2.86. The highest BCUT2D eigenvalue weighted by Gasteiger charge is 2.16. The predicted octanol–water partition coefficient (Wildman–Crippen LogP) is 4.30. The van der Waals surface area contributed by atoms with E-state index in [0.717, 1.165) is 29.3 Å². The fourth-order valence-electron chi connectivity index (χ4n) is 1.99. The number of rotatable bonds is 4. The minimum absolute atomic E-state index is 0.350. The van der Waals surface area contributed by atoms with Gasteiger partial charge in [-0.3, -0.25) is 0 Å². The van der Waals surface area contributed by atoms with Gasteiger partial charge in [-0.25, -0.2) is 0 Å². The summed E-state index contributed by atoms with van der Waals surface area (Å²) in [4.78, 5) is 0. The number of aromatic nitrogens is 3. The highest BCUT2D eigenvalue weighted by Crippen LogP contribution is 2.28. The zero-order chi connectivity index (χ0) is 14.0. The van der Waals surface area contributed by atoms with Crippen LogP contribution < -0.4 is 0 Å². The Morgan fingerprint density at radius 3 is 2.58 bits per heavy atom. The van der Waals surface area contributed by atoms with E-state index in [2.05, 4.69) is 24.0 Å². The van der Waals surface area contributed by atoms with Gasteiger partial charge in [0.15, 0.2) is 5.82 Å². The van der Waals surface area contributed by atoms with Gasteiger partial charge >= 0.3 is 0 Å². The zero-order valence-corrected chi connectivity index (χ0v) is 12.8. The van der Waals surface area contributed by atoms with Gasteiger partial charge in [0.05, 0.1) is 10.9 Å². The van der Waals surface area contributed by atoms with Crippen LogP contribution in [0.4, 0.5) is 0 Å². The van der Waals surface area contributed by atoms with Crippen LogP contribution in [0.2, 0.25) is 5.02 Å². The van der Waals surface area contributed by atoms with Crippen LogP contribution in [-0.2, 0) is 12.4 Å². The van der Waals surface area contributed by atoms with Gasteiger partial charge in [-0.05, 0) is 30.5 Å². The molecule has 0 aliphatic rings. The maximum atomic E-state index is 6.31. The summed E-state index contributed by atoms with van der Waals surface area (Å²) in [6.07, 6.45) is 0. The van der Waals surface area contributed by atoms with E-state index in [0.29, 0.717) is 16.8 Å². The van der Waals surface area contributed by atoms with E-state index in [-0.39, 0.29) is 0 Å². The number of alkyl halides is 1. The van der Waals surface area contributed by atoms with Crippen LogP contribution in [-0.4, -0.2) is 14.8 Å². The second-order valence-corrected chi connectivity index (χ2v) is 5.74. The fraction of sp³-hybridized carbons (Fsp3) is 0.429. The van der Waals surface area contributed by atoms with E-state index in [1.165, 1.54) is 0 Å². The quantitative estimate of drug-likeness (QED) is 0.788. The van der Waals surface area contributed by atoms with Crippen molar-refractivity contribution in [1.82, 2.24) is 14.8 Å². The van der Waals surface area contributed by atoms with Crippen molar-refractivity contribution in [3.8, 4) is 11.4 Å². The molecule has 0 saturated carbocycles. The maximum absolute atomic E-state index is 6.31. The molecule has 1 aromatic carbocycles. The van der Waals surface area contributed by atoms with E-state index in [1.54, 1.807) is 0 Å². The van der Waals surface area contributed by atoms with Crippen molar-refractivity contribution < 1.29 is 0 Å². The Kier molecular flexibility index (Phi) is 4.48. The molecule has 3 nitrogen and oxygen atoms in total. The molecule has 0 bridgehead atoms. The van der Waals surface area contributed by atoms with Crippen LogP contribution in [0.15, 0.2) is 18.2 Å². The van der Waals surface area contributed by atoms with Crippen molar-refractivity contribution in [3.63, 3.8) is 0 Å². The average molecular weight is 298 g/mol. The van der Waals surface area contributed by atoms with Crippen LogP contribution in [0.1, 0.15) is 25.2 Å². The highest BCUT2D eigenvalue weighted by molar-refractivity contribution is 6.33. The van der Waals surface area contributed by atoms with E-state index < -0.39 is 0 Å². The first-order valence-electron chi connectivity index (χ1n) is 6.27. The molecule has 0 aliphatic heterocycles. The molecule has 0 N–H and O–H groups in total. The van der Waals surface area contributed by atoms with Crippen LogP contribution >= 0.6 is 23.2 Å². The molecular formula is C14H17Cl2N3. The maximum Gasteiger partial charge on any atom is 0.165 e. The lowest BCUT2D eigenvalue weighted by molar-refractivity contribution is 0.515. The summed E-state index contributed by atoms with van der Waals surface area (Å²) >= 11 is 12.2. The Hall–Kier alpha value is -1.06. The van der Waals surface area contributed by atoms with E-state index in [1.807, 2.05) is 29.7 Å². The summed E-state index contributed by atoms with van der Waals surface area (Å²) in [5, 5.41) is 9.09. The lowest BCUT2D eigenvalue weighted by Crippen LogP contribution is -2.09. The topological polar surface area (TPSA) is 30.7 Å². The molecule has 0 spiro atoms. The Morgan fingerprint density at radius 1 is 1.26 bits per heavy atom. The van der Waals surface area contributed by atoms with Gasteiger partial charge < -0.3 is 4.57 Å². The molecule has 0 fully saturated rings. The summed E-state index contributed by atoms with van der Waals surface area (Å²) in [5.74, 6) is 2.40. The van der Waals surface area contributed by atoms with Crippen LogP contribution in [0.25, 0.3) is 11.4 Å².